The summed E-state index contributed by atoms with van der Waals surface area (Å²) in [6, 6.07) is 15.8. The molecule has 2 heterocycles. The van der Waals surface area contributed by atoms with Crippen LogP contribution in [0.15, 0.2) is 54.6 Å². The molecule has 27 heavy (non-hydrogen) atoms. The molecule has 6 heteroatoms. The summed E-state index contributed by atoms with van der Waals surface area (Å²) in [5, 5.41) is 15.1. The monoisotopic (exact) mass is 365 g/mol. The fourth-order valence-corrected chi connectivity index (χ4v) is 4.41. The summed E-state index contributed by atoms with van der Waals surface area (Å²) in [6.45, 7) is 2.02. The van der Waals surface area contributed by atoms with Gasteiger partial charge in [-0.15, -0.1) is 0 Å². The van der Waals surface area contributed by atoms with E-state index in [9.17, 15) is 14.7 Å². The lowest BCUT2D eigenvalue weighted by Crippen LogP contribution is -2.67. The van der Waals surface area contributed by atoms with E-state index in [1.54, 1.807) is 37.4 Å². The Hall–Kier alpha value is -2.86. The fraction of sp³-hybridized carbons (Fsp3) is 0.333. The molecular weight excluding hydrogens is 342 g/mol. The molecule has 2 aliphatic heterocycles. The van der Waals surface area contributed by atoms with E-state index in [-0.39, 0.29) is 5.91 Å². The molecule has 2 aromatic rings. The predicted octanol–water partition coefficient (Wildman–Crippen LogP) is 3.28. The molecule has 0 saturated carbocycles. The summed E-state index contributed by atoms with van der Waals surface area (Å²) in [7, 11) is 1.60. The number of amides is 3. The van der Waals surface area contributed by atoms with Gasteiger partial charge in [0.15, 0.2) is 5.54 Å². The second-order valence-electron chi connectivity index (χ2n) is 7.15. The number of hydrogen-bond acceptors (Lipinski definition) is 3. The van der Waals surface area contributed by atoms with E-state index in [1.807, 2.05) is 31.2 Å². The predicted molar refractivity (Wildman–Crippen MR) is 103 cm³/mol. The van der Waals surface area contributed by atoms with Gasteiger partial charge in [0, 0.05) is 24.0 Å². The van der Waals surface area contributed by atoms with Gasteiger partial charge in [0.1, 0.15) is 0 Å². The first-order valence-electron chi connectivity index (χ1n) is 9.25. The number of carbonyl (C=O) groups excluding carboxylic acids is 2. The van der Waals surface area contributed by atoms with Crippen molar-refractivity contribution in [2.75, 3.05) is 17.3 Å². The lowest BCUT2D eigenvalue weighted by molar-refractivity contribution is -0.142. The third-order valence-electron chi connectivity index (χ3n) is 5.78. The molecule has 2 N–H and O–H groups in total. The van der Waals surface area contributed by atoms with Gasteiger partial charge in [-0.3, -0.25) is 9.69 Å². The van der Waals surface area contributed by atoms with Crippen molar-refractivity contribution < 1.29 is 14.7 Å². The number of unbranched alkanes of at least 4 members (excludes halogenated alkanes) is 1. The first-order chi connectivity index (χ1) is 13.0. The maximum absolute atomic E-state index is 13.3. The number of carbonyl (C=O) groups is 2. The molecule has 0 radical (unpaired) electrons. The SMILES string of the molecule is CCCC[C@@]12C(=O)Nc3ccccc3[C@]1(O)N(c1ccccc1)C(=O)N2C. The minimum Gasteiger partial charge on any atom is -0.364 e. The van der Waals surface area contributed by atoms with Crippen LogP contribution < -0.4 is 10.2 Å². The van der Waals surface area contributed by atoms with E-state index in [1.165, 1.54) is 9.80 Å². The molecule has 6 nitrogen and oxygen atoms in total. The molecule has 3 amide bonds. The van der Waals surface area contributed by atoms with Crippen molar-refractivity contribution >= 4 is 23.3 Å². The number of hydrogen-bond donors (Lipinski definition) is 2. The lowest BCUT2D eigenvalue weighted by atomic mass is 9.73. The number of benzene rings is 2. The number of urea groups is 1. The number of likely N-dealkylation sites (N-methyl/N-ethyl adjacent to an activating group) is 1. The molecule has 0 unspecified atom stereocenters. The highest BCUT2D eigenvalue weighted by Gasteiger charge is 2.72. The summed E-state index contributed by atoms with van der Waals surface area (Å²) < 4.78 is 0. The van der Waals surface area contributed by atoms with Gasteiger partial charge in [-0.1, -0.05) is 56.2 Å². The van der Waals surface area contributed by atoms with Crippen molar-refractivity contribution in [2.24, 2.45) is 0 Å². The van der Waals surface area contributed by atoms with Gasteiger partial charge in [0.2, 0.25) is 5.72 Å². The minimum absolute atomic E-state index is 0.355. The van der Waals surface area contributed by atoms with Crippen molar-refractivity contribution in [2.45, 2.75) is 37.5 Å². The van der Waals surface area contributed by atoms with Crippen molar-refractivity contribution in [3.63, 3.8) is 0 Å². The molecule has 0 spiro atoms. The van der Waals surface area contributed by atoms with E-state index in [0.29, 0.717) is 29.8 Å². The smallest absolute Gasteiger partial charge is 0.328 e. The summed E-state index contributed by atoms with van der Waals surface area (Å²) >= 11 is 0. The van der Waals surface area contributed by atoms with Gasteiger partial charge < -0.3 is 15.3 Å². The second-order valence-corrected chi connectivity index (χ2v) is 7.15. The summed E-state index contributed by atoms with van der Waals surface area (Å²) in [5.41, 5.74) is -1.58. The molecule has 1 fully saturated rings. The highest BCUT2D eigenvalue weighted by Crippen LogP contribution is 2.55. The topological polar surface area (TPSA) is 72.9 Å². The zero-order valence-corrected chi connectivity index (χ0v) is 15.5. The number of rotatable bonds is 4. The maximum Gasteiger partial charge on any atom is 0.328 e. The Balaban J connectivity index is 2.03. The molecule has 2 aliphatic rings. The van der Waals surface area contributed by atoms with Crippen LogP contribution >= 0.6 is 0 Å². The van der Waals surface area contributed by atoms with Crippen molar-refractivity contribution in [1.82, 2.24) is 4.90 Å². The van der Waals surface area contributed by atoms with Crippen LogP contribution in [0.1, 0.15) is 31.7 Å². The average Bonchev–Trinajstić information content (AvgIpc) is 2.86. The zero-order valence-electron chi connectivity index (χ0n) is 15.5. The van der Waals surface area contributed by atoms with E-state index in [0.717, 1.165) is 6.42 Å². The number of aliphatic hydroxyl groups is 1. The molecule has 4 rings (SSSR count). The van der Waals surface area contributed by atoms with Crippen molar-refractivity contribution in [1.29, 1.82) is 0 Å². The summed E-state index contributed by atoms with van der Waals surface area (Å²) in [6.07, 6.45) is 1.92. The zero-order chi connectivity index (χ0) is 19.2. The van der Waals surface area contributed by atoms with Gasteiger partial charge in [-0.05, 0) is 24.6 Å². The Morgan fingerprint density at radius 2 is 1.70 bits per heavy atom. The number of nitrogens with zero attached hydrogens (tertiary/aromatic N) is 2. The van der Waals surface area contributed by atoms with Gasteiger partial charge in [0.25, 0.3) is 5.91 Å². The number of nitrogens with one attached hydrogen (secondary N) is 1. The van der Waals surface area contributed by atoms with Crippen LogP contribution in [0.3, 0.4) is 0 Å². The summed E-state index contributed by atoms with van der Waals surface area (Å²) in [5.74, 6) is -0.355. The third kappa shape index (κ3) is 2.10. The Bertz CT molecular complexity index is 901. The Kier molecular flexibility index (Phi) is 3.96. The third-order valence-corrected chi connectivity index (χ3v) is 5.78. The Labute approximate surface area is 158 Å². The Morgan fingerprint density at radius 3 is 2.41 bits per heavy atom. The average molecular weight is 365 g/mol. The van der Waals surface area contributed by atoms with Crippen LogP contribution in [-0.4, -0.2) is 34.5 Å². The summed E-state index contributed by atoms with van der Waals surface area (Å²) in [4.78, 5) is 29.4. The first-order valence-corrected chi connectivity index (χ1v) is 9.25. The van der Waals surface area contributed by atoms with Gasteiger partial charge >= 0.3 is 6.03 Å². The van der Waals surface area contributed by atoms with Gasteiger partial charge in [0.05, 0.1) is 0 Å². The normalized spacial score (nSPS) is 26.6. The van der Waals surface area contributed by atoms with Crippen LogP contribution in [0, 0.1) is 0 Å². The van der Waals surface area contributed by atoms with Gasteiger partial charge in [-0.25, -0.2) is 4.79 Å². The van der Waals surface area contributed by atoms with E-state index >= 15 is 0 Å². The number of para-hydroxylation sites is 2. The largest absolute Gasteiger partial charge is 0.364 e. The van der Waals surface area contributed by atoms with E-state index in [4.69, 9.17) is 0 Å². The van der Waals surface area contributed by atoms with Crippen molar-refractivity contribution in [3.8, 4) is 0 Å². The number of fused-ring (bicyclic) bond motifs is 3. The highest BCUT2D eigenvalue weighted by molar-refractivity contribution is 6.12. The second kappa shape index (κ2) is 6.09. The van der Waals surface area contributed by atoms with E-state index < -0.39 is 17.3 Å². The lowest BCUT2D eigenvalue weighted by Gasteiger charge is -2.48. The van der Waals surface area contributed by atoms with Crippen molar-refractivity contribution in [3.05, 3.63) is 60.2 Å². The fourth-order valence-electron chi connectivity index (χ4n) is 4.41. The Morgan fingerprint density at radius 1 is 1.04 bits per heavy atom. The van der Waals surface area contributed by atoms with Crippen LogP contribution in [0.25, 0.3) is 0 Å². The first kappa shape index (κ1) is 17.5. The quantitative estimate of drug-likeness (QED) is 0.873. The van der Waals surface area contributed by atoms with Crippen LogP contribution in [-0.2, 0) is 10.5 Å². The molecule has 0 aliphatic carbocycles. The molecule has 0 bridgehead atoms. The van der Waals surface area contributed by atoms with Crippen LogP contribution in [0.4, 0.5) is 16.2 Å². The minimum atomic E-state index is -1.80. The number of anilines is 2. The molecular formula is C21H23N3O3. The molecule has 2 atom stereocenters. The molecule has 1 saturated heterocycles. The standard InChI is InChI=1S/C21H23N3O3/c1-3-4-14-20-18(25)22-17-13-9-8-12-16(17)21(20,27)24(19(26)23(20)2)15-10-6-5-7-11-15/h5-13,27H,3-4,14H2,1-2H3,(H,22,25)/t20-,21-/m1/s1. The molecule has 140 valence electrons. The maximum atomic E-state index is 13.3. The van der Waals surface area contributed by atoms with Gasteiger partial charge in [-0.2, -0.15) is 0 Å². The highest BCUT2D eigenvalue weighted by atomic mass is 16.3. The molecule has 2 aromatic carbocycles. The van der Waals surface area contributed by atoms with Crippen LogP contribution in [0.5, 0.6) is 0 Å². The molecule has 0 aromatic heterocycles. The van der Waals surface area contributed by atoms with Crippen LogP contribution in [0.2, 0.25) is 0 Å². The van der Waals surface area contributed by atoms with E-state index in [2.05, 4.69) is 5.32 Å².